The molecule has 0 aliphatic rings. The van der Waals surface area contributed by atoms with Crippen molar-refractivity contribution in [2.45, 2.75) is 26.2 Å². The summed E-state index contributed by atoms with van der Waals surface area (Å²) in [5, 5.41) is 11.6. The van der Waals surface area contributed by atoms with Crippen molar-refractivity contribution in [3.8, 4) is 11.8 Å². The molecular weight excluding hydrogens is 344 g/mol. The largest absolute Gasteiger partial charge is 0.482 e. The first-order valence-corrected chi connectivity index (χ1v) is 8.67. The number of amides is 1. The summed E-state index contributed by atoms with van der Waals surface area (Å²) in [6.45, 7) is 3.81. The second-order valence-corrected chi connectivity index (χ2v) is 6.16. The van der Waals surface area contributed by atoms with Crippen LogP contribution in [0.25, 0.3) is 0 Å². The second-order valence-electron chi connectivity index (χ2n) is 6.16. The van der Waals surface area contributed by atoms with Crippen molar-refractivity contribution in [1.29, 1.82) is 5.26 Å². The molecule has 2 aromatic rings. The number of ether oxygens (including phenoxy) is 2. The number of nitriles is 1. The topological polar surface area (TPSA) is 88.4 Å². The Bertz CT molecular complexity index is 840. The van der Waals surface area contributed by atoms with Crippen molar-refractivity contribution < 1.29 is 19.1 Å². The summed E-state index contributed by atoms with van der Waals surface area (Å²) >= 11 is 0. The molecule has 6 heteroatoms. The van der Waals surface area contributed by atoms with Crippen LogP contribution in [0.3, 0.4) is 0 Å². The fourth-order valence-electron chi connectivity index (χ4n) is 2.43. The van der Waals surface area contributed by atoms with E-state index in [0.717, 1.165) is 5.56 Å². The van der Waals surface area contributed by atoms with Crippen molar-refractivity contribution in [2.24, 2.45) is 0 Å². The van der Waals surface area contributed by atoms with Crippen LogP contribution in [-0.2, 0) is 14.3 Å². The van der Waals surface area contributed by atoms with Gasteiger partial charge in [0.15, 0.2) is 6.61 Å². The van der Waals surface area contributed by atoms with Crippen LogP contribution in [0.15, 0.2) is 48.5 Å². The molecule has 2 aromatic carbocycles. The lowest BCUT2D eigenvalue weighted by molar-refractivity contribution is -0.146. The Hall–Kier alpha value is -3.33. The minimum absolute atomic E-state index is 0.00587. The van der Waals surface area contributed by atoms with Gasteiger partial charge in [0.1, 0.15) is 18.4 Å². The third kappa shape index (κ3) is 6.15. The predicted octanol–water partition coefficient (Wildman–Crippen LogP) is 3.63. The van der Waals surface area contributed by atoms with E-state index in [1.807, 2.05) is 44.2 Å². The average Bonchev–Trinajstić information content (AvgIpc) is 2.67. The second kappa shape index (κ2) is 9.97. The summed E-state index contributed by atoms with van der Waals surface area (Å²) in [5.74, 6) is 0.0443. The number of rotatable bonds is 8. The quantitative estimate of drug-likeness (QED) is 0.721. The third-order valence-electron chi connectivity index (χ3n) is 3.80. The Balaban J connectivity index is 1.75. The Morgan fingerprint density at radius 2 is 1.81 bits per heavy atom. The highest BCUT2D eigenvalue weighted by Gasteiger charge is 2.11. The van der Waals surface area contributed by atoms with Gasteiger partial charge in [0.2, 0.25) is 5.91 Å². The molecule has 0 fully saturated rings. The molecule has 27 heavy (non-hydrogen) atoms. The molecule has 2 rings (SSSR count). The minimum Gasteiger partial charge on any atom is -0.482 e. The number of carbonyl (C=O) groups is 2. The molecule has 0 saturated carbocycles. The van der Waals surface area contributed by atoms with Gasteiger partial charge in [0.25, 0.3) is 0 Å². The molecule has 0 aliphatic heterocycles. The molecule has 6 nitrogen and oxygen atoms in total. The SMILES string of the molecule is CC(C)c1ccccc1OCC(=O)OCCC(=O)Nc1ccccc1C#N. The van der Waals surface area contributed by atoms with E-state index in [1.165, 1.54) is 0 Å². The zero-order valence-electron chi connectivity index (χ0n) is 15.4. The van der Waals surface area contributed by atoms with Gasteiger partial charge in [-0.25, -0.2) is 4.79 Å². The highest BCUT2D eigenvalue weighted by molar-refractivity contribution is 5.92. The van der Waals surface area contributed by atoms with Crippen molar-refractivity contribution in [2.75, 3.05) is 18.5 Å². The summed E-state index contributed by atoms with van der Waals surface area (Å²) in [7, 11) is 0. The lowest BCUT2D eigenvalue weighted by atomic mass is 10.0. The van der Waals surface area contributed by atoms with Crippen LogP contribution in [0.4, 0.5) is 5.69 Å². The first-order valence-electron chi connectivity index (χ1n) is 8.67. The van der Waals surface area contributed by atoms with Crippen molar-refractivity contribution in [3.63, 3.8) is 0 Å². The van der Waals surface area contributed by atoms with E-state index in [0.29, 0.717) is 17.0 Å². The van der Waals surface area contributed by atoms with Crippen LogP contribution < -0.4 is 10.1 Å². The number of para-hydroxylation sites is 2. The van der Waals surface area contributed by atoms with Crippen LogP contribution in [0.5, 0.6) is 5.75 Å². The standard InChI is InChI=1S/C21H22N2O4/c1-15(2)17-8-4-6-10-19(17)27-14-21(25)26-12-11-20(24)23-18-9-5-3-7-16(18)13-22/h3-10,15H,11-12,14H2,1-2H3,(H,23,24). The molecular formula is C21H22N2O4. The van der Waals surface area contributed by atoms with Gasteiger partial charge in [-0.05, 0) is 29.7 Å². The Morgan fingerprint density at radius 1 is 1.11 bits per heavy atom. The monoisotopic (exact) mass is 366 g/mol. The fraction of sp³-hybridized carbons (Fsp3) is 0.286. The van der Waals surface area contributed by atoms with Crippen molar-refractivity contribution in [1.82, 2.24) is 0 Å². The maximum atomic E-state index is 11.9. The summed E-state index contributed by atoms with van der Waals surface area (Å²) in [6, 6.07) is 16.2. The molecule has 0 aromatic heterocycles. The summed E-state index contributed by atoms with van der Waals surface area (Å²) in [6.07, 6.45) is -0.00587. The molecule has 0 atom stereocenters. The highest BCUT2D eigenvalue weighted by Crippen LogP contribution is 2.25. The Kier molecular flexibility index (Phi) is 7.38. The molecule has 0 aliphatic carbocycles. The zero-order chi connectivity index (χ0) is 19.6. The van der Waals surface area contributed by atoms with Crippen molar-refractivity contribution in [3.05, 3.63) is 59.7 Å². The smallest absolute Gasteiger partial charge is 0.344 e. The van der Waals surface area contributed by atoms with Crippen molar-refractivity contribution >= 4 is 17.6 Å². The van der Waals surface area contributed by atoms with Crippen LogP contribution >= 0.6 is 0 Å². The van der Waals surface area contributed by atoms with Gasteiger partial charge in [-0.1, -0.05) is 44.2 Å². The number of benzene rings is 2. The van der Waals surface area contributed by atoms with Gasteiger partial charge in [0, 0.05) is 0 Å². The maximum absolute atomic E-state index is 11.9. The molecule has 0 saturated heterocycles. The van der Waals surface area contributed by atoms with Gasteiger partial charge in [-0.15, -0.1) is 0 Å². The molecule has 0 bridgehead atoms. The first kappa shape index (κ1) is 20.0. The minimum atomic E-state index is -0.543. The van der Waals surface area contributed by atoms with Gasteiger partial charge in [-0.2, -0.15) is 5.26 Å². The highest BCUT2D eigenvalue weighted by atomic mass is 16.6. The number of carbonyl (C=O) groups excluding carboxylic acids is 2. The normalized spacial score (nSPS) is 10.1. The average molecular weight is 366 g/mol. The number of hydrogen-bond acceptors (Lipinski definition) is 5. The van der Waals surface area contributed by atoms with E-state index in [-0.39, 0.29) is 31.5 Å². The predicted molar refractivity (Wildman–Crippen MR) is 101 cm³/mol. The number of anilines is 1. The van der Waals surface area contributed by atoms with E-state index in [2.05, 4.69) is 5.32 Å². The Morgan fingerprint density at radius 3 is 2.56 bits per heavy atom. The summed E-state index contributed by atoms with van der Waals surface area (Å²) in [4.78, 5) is 23.7. The molecule has 0 radical (unpaired) electrons. The van der Waals surface area contributed by atoms with E-state index in [9.17, 15) is 9.59 Å². The van der Waals surface area contributed by atoms with Gasteiger partial charge < -0.3 is 14.8 Å². The lowest BCUT2D eigenvalue weighted by Gasteiger charge is -2.13. The molecule has 140 valence electrons. The molecule has 0 heterocycles. The number of esters is 1. The number of nitrogens with zero attached hydrogens (tertiary/aromatic N) is 1. The lowest BCUT2D eigenvalue weighted by Crippen LogP contribution is -2.20. The molecule has 0 spiro atoms. The number of nitrogens with one attached hydrogen (secondary N) is 1. The third-order valence-corrected chi connectivity index (χ3v) is 3.80. The van der Waals surface area contributed by atoms with Gasteiger partial charge in [0.05, 0.1) is 17.7 Å². The van der Waals surface area contributed by atoms with E-state index < -0.39 is 5.97 Å². The van der Waals surface area contributed by atoms with E-state index in [4.69, 9.17) is 14.7 Å². The van der Waals surface area contributed by atoms with Crippen LogP contribution in [0, 0.1) is 11.3 Å². The van der Waals surface area contributed by atoms with E-state index in [1.54, 1.807) is 24.3 Å². The Labute approximate surface area is 158 Å². The van der Waals surface area contributed by atoms with Crippen LogP contribution in [0.1, 0.15) is 37.3 Å². The number of hydrogen-bond donors (Lipinski definition) is 1. The zero-order valence-corrected chi connectivity index (χ0v) is 15.4. The van der Waals surface area contributed by atoms with Gasteiger partial charge >= 0.3 is 5.97 Å². The molecule has 0 unspecified atom stereocenters. The van der Waals surface area contributed by atoms with Crippen LogP contribution in [-0.4, -0.2) is 25.1 Å². The molecule has 1 N–H and O–H groups in total. The summed E-state index contributed by atoms with van der Waals surface area (Å²) in [5.41, 5.74) is 1.82. The van der Waals surface area contributed by atoms with Crippen LogP contribution in [0.2, 0.25) is 0 Å². The first-order chi connectivity index (χ1) is 13.0. The fourth-order valence-corrected chi connectivity index (χ4v) is 2.43. The van der Waals surface area contributed by atoms with E-state index >= 15 is 0 Å². The van der Waals surface area contributed by atoms with Gasteiger partial charge in [-0.3, -0.25) is 4.79 Å². The molecule has 1 amide bonds. The summed E-state index contributed by atoms with van der Waals surface area (Å²) < 4.78 is 10.6. The maximum Gasteiger partial charge on any atom is 0.344 e.